The fraction of sp³-hybridized carbons (Fsp3) is 0.273. The van der Waals surface area contributed by atoms with Crippen LogP contribution in [0.1, 0.15) is 40.1 Å². The molecule has 1 aliphatic carbocycles. The SMILES string of the molecule is O=C(NC1CC1)c1ccnc(-c2ccc(CN3Cc4ccccc4C3)o2)c1. The average Bonchev–Trinajstić information content (AvgIpc) is 3.22. The Kier molecular flexibility index (Phi) is 4.02. The van der Waals surface area contributed by atoms with Gasteiger partial charge in [-0.2, -0.15) is 0 Å². The van der Waals surface area contributed by atoms with Crippen LogP contribution in [0.2, 0.25) is 0 Å². The van der Waals surface area contributed by atoms with Gasteiger partial charge in [0.05, 0.1) is 6.54 Å². The van der Waals surface area contributed by atoms with E-state index in [0.717, 1.165) is 38.2 Å². The molecule has 5 heteroatoms. The highest BCUT2D eigenvalue weighted by molar-refractivity contribution is 5.95. The molecular formula is C22H21N3O2. The van der Waals surface area contributed by atoms with E-state index in [9.17, 15) is 4.79 Å². The highest BCUT2D eigenvalue weighted by Gasteiger charge is 2.24. The largest absolute Gasteiger partial charge is 0.458 e. The number of carbonyl (C=O) groups excluding carboxylic acids is 1. The van der Waals surface area contributed by atoms with Gasteiger partial charge in [0, 0.05) is 30.9 Å². The molecule has 0 radical (unpaired) electrons. The van der Waals surface area contributed by atoms with Crippen LogP contribution in [0, 0.1) is 0 Å². The number of carbonyl (C=O) groups is 1. The van der Waals surface area contributed by atoms with Crippen LogP contribution in [0.4, 0.5) is 0 Å². The molecule has 2 aromatic heterocycles. The maximum atomic E-state index is 12.2. The van der Waals surface area contributed by atoms with Crippen LogP contribution in [0.15, 0.2) is 59.1 Å². The molecule has 0 unspecified atom stereocenters. The quantitative estimate of drug-likeness (QED) is 0.754. The van der Waals surface area contributed by atoms with E-state index in [1.807, 2.05) is 12.1 Å². The molecule has 1 aromatic carbocycles. The molecule has 0 bridgehead atoms. The Labute approximate surface area is 158 Å². The second-order valence-corrected chi connectivity index (χ2v) is 7.36. The number of fused-ring (bicyclic) bond motifs is 1. The molecule has 1 amide bonds. The lowest BCUT2D eigenvalue weighted by Crippen LogP contribution is -2.25. The topological polar surface area (TPSA) is 58.4 Å². The number of benzene rings is 1. The Morgan fingerprint density at radius 2 is 1.89 bits per heavy atom. The van der Waals surface area contributed by atoms with Crippen LogP contribution in [0.5, 0.6) is 0 Å². The molecule has 0 saturated heterocycles. The van der Waals surface area contributed by atoms with Crippen LogP contribution in [0.25, 0.3) is 11.5 Å². The standard InChI is InChI=1S/C22H21N3O2/c26-22(24-18-5-6-18)15-9-10-23-20(11-15)21-8-7-19(27-21)14-25-12-16-3-1-2-4-17(16)13-25/h1-4,7-11,18H,5-6,12-14H2,(H,24,26). The molecule has 5 rings (SSSR count). The van der Waals surface area contributed by atoms with Gasteiger partial charge in [0.25, 0.3) is 5.91 Å². The van der Waals surface area contributed by atoms with Crippen LogP contribution >= 0.6 is 0 Å². The van der Waals surface area contributed by atoms with Crippen LogP contribution in [0.3, 0.4) is 0 Å². The summed E-state index contributed by atoms with van der Waals surface area (Å²) in [6.07, 6.45) is 3.81. The summed E-state index contributed by atoms with van der Waals surface area (Å²) < 4.78 is 6.02. The van der Waals surface area contributed by atoms with E-state index < -0.39 is 0 Å². The summed E-state index contributed by atoms with van der Waals surface area (Å²) in [5.41, 5.74) is 4.09. The van der Waals surface area contributed by atoms with Crippen molar-refractivity contribution in [3.05, 3.63) is 77.2 Å². The Bertz CT molecular complexity index is 965. The molecule has 0 atom stereocenters. The highest BCUT2D eigenvalue weighted by atomic mass is 16.3. The van der Waals surface area contributed by atoms with Crippen LogP contribution < -0.4 is 5.32 Å². The van der Waals surface area contributed by atoms with Crippen molar-refractivity contribution < 1.29 is 9.21 Å². The van der Waals surface area contributed by atoms with Crippen molar-refractivity contribution in [3.8, 4) is 11.5 Å². The van der Waals surface area contributed by atoms with Gasteiger partial charge in [-0.3, -0.25) is 14.7 Å². The Morgan fingerprint density at radius 3 is 2.63 bits per heavy atom. The summed E-state index contributed by atoms with van der Waals surface area (Å²) in [7, 11) is 0. The second-order valence-electron chi connectivity index (χ2n) is 7.36. The maximum absolute atomic E-state index is 12.2. The molecular weight excluding hydrogens is 338 g/mol. The number of furan rings is 1. The van der Waals surface area contributed by atoms with Crippen molar-refractivity contribution in [1.82, 2.24) is 15.2 Å². The number of amides is 1. The third-order valence-corrected chi connectivity index (χ3v) is 5.13. The van der Waals surface area contributed by atoms with Crippen molar-refractivity contribution in [3.63, 3.8) is 0 Å². The smallest absolute Gasteiger partial charge is 0.251 e. The number of nitrogens with zero attached hydrogens (tertiary/aromatic N) is 2. The Balaban J connectivity index is 1.29. The van der Waals surface area contributed by atoms with E-state index in [1.165, 1.54) is 11.1 Å². The summed E-state index contributed by atoms with van der Waals surface area (Å²) in [5, 5.41) is 3.01. The van der Waals surface area contributed by atoms with Crippen molar-refractivity contribution >= 4 is 5.91 Å². The molecule has 27 heavy (non-hydrogen) atoms. The minimum Gasteiger partial charge on any atom is -0.458 e. The highest BCUT2D eigenvalue weighted by Crippen LogP contribution is 2.27. The van der Waals surface area contributed by atoms with Gasteiger partial charge >= 0.3 is 0 Å². The summed E-state index contributed by atoms with van der Waals surface area (Å²) in [5.74, 6) is 1.57. The van der Waals surface area contributed by atoms with Gasteiger partial charge in [-0.05, 0) is 48.2 Å². The van der Waals surface area contributed by atoms with E-state index in [1.54, 1.807) is 18.3 Å². The minimum atomic E-state index is -0.0391. The molecule has 3 aromatic rings. The number of aromatic nitrogens is 1. The predicted octanol–water partition coefficient (Wildman–Crippen LogP) is 3.75. The second kappa shape index (κ2) is 6.67. The van der Waals surface area contributed by atoms with Gasteiger partial charge in [-0.1, -0.05) is 24.3 Å². The number of hydrogen-bond donors (Lipinski definition) is 1. The first-order valence-corrected chi connectivity index (χ1v) is 9.40. The minimum absolute atomic E-state index is 0.0391. The summed E-state index contributed by atoms with van der Waals surface area (Å²) in [6.45, 7) is 2.65. The first kappa shape index (κ1) is 16.3. The average molecular weight is 359 g/mol. The molecule has 1 aliphatic heterocycles. The van der Waals surface area contributed by atoms with E-state index in [4.69, 9.17) is 4.42 Å². The lowest BCUT2D eigenvalue weighted by Gasteiger charge is -2.12. The molecule has 0 spiro atoms. The normalized spacial score (nSPS) is 16.3. The molecule has 1 fully saturated rings. The zero-order valence-corrected chi connectivity index (χ0v) is 15.0. The van der Waals surface area contributed by atoms with Gasteiger partial charge in [0.1, 0.15) is 11.5 Å². The molecule has 136 valence electrons. The third kappa shape index (κ3) is 3.51. The first-order valence-electron chi connectivity index (χ1n) is 9.40. The van der Waals surface area contributed by atoms with E-state index in [-0.39, 0.29) is 5.91 Å². The van der Waals surface area contributed by atoms with Gasteiger partial charge < -0.3 is 9.73 Å². The van der Waals surface area contributed by atoms with E-state index in [2.05, 4.69) is 39.5 Å². The van der Waals surface area contributed by atoms with Crippen molar-refractivity contribution in [2.75, 3.05) is 0 Å². The van der Waals surface area contributed by atoms with Crippen LogP contribution in [-0.2, 0) is 19.6 Å². The number of nitrogens with one attached hydrogen (secondary N) is 1. The molecule has 1 saturated carbocycles. The maximum Gasteiger partial charge on any atom is 0.251 e. The van der Waals surface area contributed by atoms with Crippen molar-refractivity contribution in [2.45, 2.75) is 38.5 Å². The fourth-order valence-electron chi connectivity index (χ4n) is 3.54. The Hall–Kier alpha value is -2.92. The van der Waals surface area contributed by atoms with Gasteiger partial charge in [-0.15, -0.1) is 0 Å². The van der Waals surface area contributed by atoms with E-state index >= 15 is 0 Å². The monoisotopic (exact) mass is 359 g/mol. The summed E-state index contributed by atoms with van der Waals surface area (Å²) in [4.78, 5) is 19.0. The lowest BCUT2D eigenvalue weighted by atomic mass is 10.1. The van der Waals surface area contributed by atoms with E-state index in [0.29, 0.717) is 23.1 Å². The van der Waals surface area contributed by atoms with Gasteiger partial charge in [0.2, 0.25) is 0 Å². The van der Waals surface area contributed by atoms with Crippen molar-refractivity contribution in [1.29, 1.82) is 0 Å². The number of pyridine rings is 1. The van der Waals surface area contributed by atoms with Gasteiger partial charge in [0.15, 0.2) is 5.76 Å². The zero-order chi connectivity index (χ0) is 18.2. The molecule has 3 heterocycles. The van der Waals surface area contributed by atoms with Crippen LogP contribution in [-0.4, -0.2) is 21.8 Å². The lowest BCUT2D eigenvalue weighted by molar-refractivity contribution is 0.0951. The molecule has 1 N–H and O–H groups in total. The molecule has 5 nitrogen and oxygen atoms in total. The molecule has 2 aliphatic rings. The summed E-state index contributed by atoms with van der Waals surface area (Å²) >= 11 is 0. The van der Waals surface area contributed by atoms with Crippen molar-refractivity contribution in [2.24, 2.45) is 0 Å². The zero-order valence-electron chi connectivity index (χ0n) is 15.0. The Morgan fingerprint density at radius 1 is 1.11 bits per heavy atom. The summed E-state index contributed by atoms with van der Waals surface area (Å²) in [6, 6.07) is 16.4. The first-order chi connectivity index (χ1) is 13.2. The number of rotatable bonds is 5. The fourth-order valence-corrected chi connectivity index (χ4v) is 3.54. The van der Waals surface area contributed by atoms with Gasteiger partial charge in [-0.25, -0.2) is 0 Å². The predicted molar refractivity (Wildman–Crippen MR) is 102 cm³/mol. The third-order valence-electron chi connectivity index (χ3n) is 5.13. The number of hydrogen-bond acceptors (Lipinski definition) is 4.